The number of ether oxygens (including phenoxy) is 1. The van der Waals surface area contributed by atoms with Crippen LogP contribution in [0.4, 0.5) is 0 Å². The Kier molecular flexibility index (Phi) is 4.32. The van der Waals surface area contributed by atoms with E-state index in [1.807, 2.05) is 0 Å². The molecule has 1 aromatic rings. The fraction of sp³-hybridized carbons (Fsp3) is 0.429. The van der Waals surface area contributed by atoms with Crippen molar-refractivity contribution in [3.8, 4) is 0 Å². The molecule has 0 saturated carbocycles. The second-order valence-corrected chi connectivity index (χ2v) is 5.28. The minimum absolute atomic E-state index is 0.319. The quantitative estimate of drug-likeness (QED) is 0.633. The summed E-state index contributed by atoms with van der Waals surface area (Å²) >= 11 is 0. The van der Waals surface area contributed by atoms with Crippen molar-refractivity contribution in [1.82, 2.24) is 0 Å². The summed E-state index contributed by atoms with van der Waals surface area (Å²) in [7, 11) is 0. The Hall–Kier alpha value is -1.88. The first-order valence-corrected chi connectivity index (χ1v) is 5.96. The third-order valence-electron chi connectivity index (χ3n) is 2.69. The van der Waals surface area contributed by atoms with Crippen LogP contribution in [-0.2, 0) is 19.7 Å². The van der Waals surface area contributed by atoms with Gasteiger partial charge in [0.25, 0.3) is 0 Å². The van der Waals surface area contributed by atoms with E-state index in [-0.39, 0.29) is 6.54 Å². The van der Waals surface area contributed by atoms with Crippen LogP contribution >= 0.6 is 0 Å². The van der Waals surface area contributed by atoms with Gasteiger partial charge >= 0.3 is 11.9 Å². The SMILES string of the molecule is CC(C)(C)OC(=O)C(CN)(C(=O)O)c1ccccc1. The van der Waals surface area contributed by atoms with E-state index >= 15 is 0 Å². The van der Waals surface area contributed by atoms with E-state index in [1.165, 1.54) is 0 Å². The first-order chi connectivity index (χ1) is 8.74. The Labute approximate surface area is 112 Å². The summed E-state index contributed by atoms with van der Waals surface area (Å²) in [4.78, 5) is 23.9. The lowest BCUT2D eigenvalue weighted by Crippen LogP contribution is -2.52. The molecule has 0 radical (unpaired) electrons. The number of nitrogens with two attached hydrogens (primary N) is 1. The summed E-state index contributed by atoms with van der Waals surface area (Å²) in [6, 6.07) is 8.18. The fourth-order valence-electron chi connectivity index (χ4n) is 1.71. The predicted molar refractivity (Wildman–Crippen MR) is 70.7 cm³/mol. The zero-order chi connectivity index (χ0) is 14.7. The van der Waals surface area contributed by atoms with E-state index in [2.05, 4.69) is 0 Å². The molecule has 1 aromatic carbocycles. The van der Waals surface area contributed by atoms with Crippen molar-refractivity contribution in [1.29, 1.82) is 0 Å². The molecule has 0 heterocycles. The lowest BCUT2D eigenvalue weighted by Gasteiger charge is -2.30. The molecule has 3 N–H and O–H groups in total. The molecular formula is C14H19NO4. The third kappa shape index (κ3) is 3.12. The molecule has 1 unspecified atom stereocenters. The molecule has 0 aliphatic carbocycles. The maximum Gasteiger partial charge on any atom is 0.329 e. The van der Waals surface area contributed by atoms with Crippen molar-refractivity contribution in [3.05, 3.63) is 35.9 Å². The molecule has 5 nitrogen and oxygen atoms in total. The number of carbonyl (C=O) groups excluding carboxylic acids is 1. The van der Waals surface area contributed by atoms with Gasteiger partial charge in [-0.3, -0.25) is 9.59 Å². The largest absolute Gasteiger partial charge is 0.480 e. The molecule has 0 bridgehead atoms. The number of carboxylic acid groups (broad SMARTS) is 1. The molecule has 0 spiro atoms. The monoisotopic (exact) mass is 265 g/mol. The highest BCUT2D eigenvalue weighted by atomic mass is 16.6. The van der Waals surface area contributed by atoms with E-state index < -0.39 is 23.0 Å². The predicted octanol–water partition coefficient (Wildman–Crippen LogP) is 1.31. The second kappa shape index (κ2) is 5.40. The summed E-state index contributed by atoms with van der Waals surface area (Å²) in [6.45, 7) is 4.68. The zero-order valence-electron chi connectivity index (χ0n) is 11.3. The van der Waals surface area contributed by atoms with E-state index in [1.54, 1.807) is 51.1 Å². The maximum absolute atomic E-state index is 12.3. The van der Waals surface area contributed by atoms with Crippen molar-refractivity contribution < 1.29 is 19.4 Å². The summed E-state index contributed by atoms with van der Waals surface area (Å²) in [5.41, 5.74) is 3.25. The van der Waals surface area contributed by atoms with E-state index in [9.17, 15) is 14.7 Å². The second-order valence-electron chi connectivity index (χ2n) is 5.28. The summed E-state index contributed by atoms with van der Waals surface area (Å²) in [6.07, 6.45) is 0. The summed E-state index contributed by atoms with van der Waals surface area (Å²) in [5.74, 6) is -2.16. The highest BCUT2D eigenvalue weighted by Crippen LogP contribution is 2.27. The molecule has 0 aliphatic heterocycles. The zero-order valence-corrected chi connectivity index (χ0v) is 11.3. The molecule has 0 saturated heterocycles. The van der Waals surface area contributed by atoms with Gasteiger partial charge in [-0.05, 0) is 26.3 Å². The molecule has 1 atom stereocenters. The van der Waals surface area contributed by atoms with E-state index in [0.29, 0.717) is 5.56 Å². The normalized spacial score (nSPS) is 14.5. The van der Waals surface area contributed by atoms with Crippen molar-refractivity contribution in [3.63, 3.8) is 0 Å². The number of aliphatic carboxylic acids is 1. The average molecular weight is 265 g/mol. The lowest BCUT2D eigenvalue weighted by molar-refractivity contribution is -0.169. The van der Waals surface area contributed by atoms with Gasteiger partial charge in [-0.15, -0.1) is 0 Å². The molecule has 0 aliphatic rings. The van der Waals surface area contributed by atoms with Gasteiger partial charge in [-0.2, -0.15) is 0 Å². The molecule has 0 aromatic heterocycles. The van der Waals surface area contributed by atoms with E-state index in [4.69, 9.17) is 10.5 Å². The Bertz CT molecular complexity index is 464. The fourth-order valence-corrected chi connectivity index (χ4v) is 1.71. The standard InChI is InChI=1S/C14H19NO4/c1-13(2,3)19-12(18)14(9-15,11(16)17)10-7-5-4-6-8-10/h4-8H,9,15H2,1-3H3,(H,16,17). The van der Waals surface area contributed by atoms with Crippen LogP contribution in [-0.4, -0.2) is 29.2 Å². The van der Waals surface area contributed by atoms with Crippen LogP contribution in [0, 0.1) is 0 Å². The van der Waals surface area contributed by atoms with Crippen LogP contribution in [0.2, 0.25) is 0 Å². The third-order valence-corrected chi connectivity index (χ3v) is 2.69. The van der Waals surface area contributed by atoms with Gasteiger partial charge in [-0.25, -0.2) is 0 Å². The van der Waals surface area contributed by atoms with Crippen LogP contribution in [0.3, 0.4) is 0 Å². The minimum atomic E-state index is -1.87. The van der Waals surface area contributed by atoms with Gasteiger partial charge in [0.1, 0.15) is 5.60 Å². The van der Waals surface area contributed by atoms with Gasteiger partial charge in [0, 0.05) is 6.54 Å². The number of rotatable bonds is 4. The Morgan fingerprint density at radius 2 is 1.74 bits per heavy atom. The van der Waals surface area contributed by atoms with Crippen LogP contribution in [0.1, 0.15) is 26.3 Å². The van der Waals surface area contributed by atoms with Crippen molar-refractivity contribution in [2.75, 3.05) is 6.54 Å². The molecule has 0 amide bonds. The number of esters is 1. The Balaban J connectivity index is 3.29. The smallest absolute Gasteiger partial charge is 0.329 e. The van der Waals surface area contributed by atoms with Crippen molar-refractivity contribution in [2.24, 2.45) is 5.73 Å². The minimum Gasteiger partial charge on any atom is -0.480 e. The molecule has 5 heteroatoms. The Morgan fingerprint density at radius 1 is 1.21 bits per heavy atom. The van der Waals surface area contributed by atoms with Crippen LogP contribution < -0.4 is 5.73 Å². The van der Waals surface area contributed by atoms with Gasteiger partial charge in [0.15, 0.2) is 0 Å². The summed E-state index contributed by atoms with van der Waals surface area (Å²) in [5, 5.41) is 9.46. The topological polar surface area (TPSA) is 89.6 Å². The highest BCUT2D eigenvalue weighted by molar-refractivity contribution is 6.06. The lowest BCUT2D eigenvalue weighted by atomic mass is 9.80. The first-order valence-electron chi connectivity index (χ1n) is 5.96. The molecule has 1 rings (SSSR count). The first kappa shape index (κ1) is 15.2. The number of hydrogen-bond donors (Lipinski definition) is 2. The van der Waals surface area contributed by atoms with Gasteiger partial charge in [-0.1, -0.05) is 30.3 Å². The van der Waals surface area contributed by atoms with Gasteiger partial charge < -0.3 is 15.6 Å². The average Bonchev–Trinajstić information content (AvgIpc) is 2.29. The van der Waals surface area contributed by atoms with Crippen LogP contribution in [0.15, 0.2) is 30.3 Å². The number of benzene rings is 1. The van der Waals surface area contributed by atoms with Crippen molar-refractivity contribution >= 4 is 11.9 Å². The molecular weight excluding hydrogens is 246 g/mol. The van der Waals surface area contributed by atoms with Crippen LogP contribution in [0.25, 0.3) is 0 Å². The molecule has 104 valence electrons. The van der Waals surface area contributed by atoms with E-state index in [0.717, 1.165) is 0 Å². The number of hydrogen-bond acceptors (Lipinski definition) is 4. The van der Waals surface area contributed by atoms with Gasteiger partial charge in [0.05, 0.1) is 0 Å². The maximum atomic E-state index is 12.3. The van der Waals surface area contributed by atoms with Crippen LogP contribution in [0.5, 0.6) is 0 Å². The molecule has 19 heavy (non-hydrogen) atoms. The van der Waals surface area contributed by atoms with Crippen molar-refractivity contribution in [2.45, 2.75) is 31.8 Å². The highest BCUT2D eigenvalue weighted by Gasteiger charge is 2.49. The molecule has 0 fully saturated rings. The Morgan fingerprint density at radius 3 is 2.11 bits per heavy atom. The number of carboxylic acids is 1. The number of carbonyl (C=O) groups is 2. The summed E-state index contributed by atoms with van der Waals surface area (Å²) < 4.78 is 5.21. The van der Waals surface area contributed by atoms with Gasteiger partial charge in [0.2, 0.25) is 5.41 Å².